The molecule has 4 nitrogen and oxygen atoms in total. The van der Waals surface area contributed by atoms with E-state index in [1.54, 1.807) is 0 Å². The zero-order valence-corrected chi connectivity index (χ0v) is 23.9. The predicted molar refractivity (Wildman–Crippen MR) is 161 cm³/mol. The van der Waals surface area contributed by atoms with Crippen LogP contribution in [0, 0.1) is 3.57 Å². The molecule has 38 heavy (non-hydrogen) atoms. The van der Waals surface area contributed by atoms with Gasteiger partial charge < -0.3 is 9.47 Å². The van der Waals surface area contributed by atoms with Gasteiger partial charge in [-0.25, -0.2) is 0 Å². The van der Waals surface area contributed by atoms with E-state index in [1.807, 2.05) is 24.3 Å². The third-order valence-corrected chi connectivity index (χ3v) is 7.17. The van der Waals surface area contributed by atoms with Crippen LogP contribution in [0.2, 0.25) is 0 Å². The lowest BCUT2D eigenvalue weighted by Gasteiger charge is -2.28. The largest absolute Gasteiger partial charge is 0.494 e. The van der Waals surface area contributed by atoms with E-state index in [1.165, 1.54) is 27.4 Å². The van der Waals surface area contributed by atoms with E-state index >= 15 is 0 Å². The van der Waals surface area contributed by atoms with Crippen molar-refractivity contribution in [3.8, 4) is 5.75 Å². The molecule has 0 unspecified atom stereocenters. The second kappa shape index (κ2) is 14.7. The number of hydrogen-bond donors (Lipinski definition) is 0. The third-order valence-electron chi connectivity index (χ3n) is 6.50. The lowest BCUT2D eigenvalue weighted by molar-refractivity contribution is -0.139. The van der Waals surface area contributed by atoms with Gasteiger partial charge in [0.05, 0.1) is 20.1 Å². The van der Waals surface area contributed by atoms with Gasteiger partial charge in [0.15, 0.2) is 0 Å². The Balaban J connectivity index is 1.45. The van der Waals surface area contributed by atoms with Gasteiger partial charge in [0.2, 0.25) is 0 Å². The molecule has 4 rings (SSSR count). The lowest BCUT2D eigenvalue weighted by atomic mass is 9.90. The number of esters is 1. The highest BCUT2D eigenvalue weighted by atomic mass is 127. The molecule has 4 aromatic rings. The second-order valence-electron chi connectivity index (χ2n) is 9.34. The van der Waals surface area contributed by atoms with Gasteiger partial charge in [-0.3, -0.25) is 9.69 Å². The van der Waals surface area contributed by atoms with Crippen molar-refractivity contribution in [2.24, 2.45) is 0 Å². The van der Waals surface area contributed by atoms with Crippen LogP contribution in [-0.4, -0.2) is 37.7 Å². The Morgan fingerprint density at radius 3 is 2.13 bits per heavy atom. The van der Waals surface area contributed by atoms with E-state index in [2.05, 4.69) is 112 Å². The maximum Gasteiger partial charge on any atom is 0.309 e. The van der Waals surface area contributed by atoms with Crippen molar-refractivity contribution in [3.63, 3.8) is 0 Å². The van der Waals surface area contributed by atoms with E-state index < -0.39 is 0 Å². The number of hydrogen-bond acceptors (Lipinski definition) is 4. The van der Waals surface area contributed by atoms with Crippen LogP contribution in [0.25, 0.3) is 0 Å². The molecular formula is C33H34INO3. The number of ether oxygens (including phenoxy) is 2. The highest BCUT2D eigenvalue weighted by molar-refractivity contribution is 14.1. The van der Waals surface area contributed by atoms with E-state index in [9.17, 15) is 4.79 Å². The minimum absolute atomic E-state index is 0.248. The lowest BCUT2D eigenvalue weighted by Crippen LogP contribution is -2.30. The Hall–Kier alpha value is -3.16. The van der Waals surface area contributed by atoms with Crippen molar-refractivity contribution >= 4 is 28.6 Å². The summed E-state index contributed by atoms with van der Waals surface area (Å²) in [5.74, 6) is 0.804. The Kier molecular flexibility index (Phi) is 10.8. The van der Waals surface area contributed by atoms with E-state index in [4.69, 9.17) is 9.47 Å². The highest BCUT2D eigenvalue weighted by Gasteiger charge is 2.19. The average molecular weight is 620 g/mol. The molecule has 0 atom stereocenters. The van der Waals surface area contributed by atoms with E-state index in [0.717, 1.165) is 37.4 Å². The summed E-state index contributed by atoms with van der Waals surface area (Å²) in [6, 6.07) is 38.0. The van der Waals surface area contributed by atoms with Crippen LogP contribution in [0.3, 0.4) is 0 Å². The van der Waals surface area contributed by atoms with Crippen LogP contribution in [0.1, 0.15) is 34.6 Å². The SMILES string of the molecule is COC(=O)Cc1cccc(OCCCN(Cc2cccc(I)c2)CC(c2ccccc2)c2ccccc2)c1. The molecule has 196 valence electrons. The molecule has 0 fully saturated rings. The summed E-state index contributed by atoms with van der Waals surface area (Å²) < 4.78 is 12.1. The van der Waals surface area contributed by atoms with Gasteiger partial charge in [0.1, 0.15) is 5.75 Å². The van der Waals surface area contributed by atoms with E-state index in [-0.39, 0.29) is 18.3 Å². The first-order valence-corrected chi connectivity index (χ1v) is 14.0. The van der Waals surface area contributed by atoms with Crippen molar-refractivity contribution in [3.05, 3.63) is 135 Å². The molecule has 0 saturated heterocycles. The van der Waals surface area contributed by atoms with Gasteiger partial charge in [0, 0.05) is 29.1 Å². The van der Waals surface area contributed by atoms with Gasteiger partial charge in [-0.1, -0.05) is 84.9 Å². The van der Waals surface area contributed by atoms with Gasteiger partial charge in [-0.2, -0.15) is 0 Å². The Morgan fingerprint density at radius 2 is 1.47 bits per heavy atom. The minimum atomic E-state index is -0.250. The summed E-state index contributed by atoms with van der Waals surface area (Å²) in [7, 11) is 1.41. The molecule has 4 aromatic carbocycles. The molecule has 0 amide bonds. The summed E-state index contributed by atoms with van der Waals surface area (Å²) in [5, 5.41) is 0. The van der Waals surface area contributed by atoms with Crippen LogP contribution in [0.5, 0.6) is 5.75 Å². The fourth-order valence-corrected chi connectivity index (χ4v) is 5.23. The zero-order chi connectivity index (χ0) is 26.6. The first kappa shape index (κ1) is 27.9. The Morgan fingerprint density at radius 1 is 0.816 bits per heavy atom. The van der Waals surface area contributed by atoms with Crippen LogP contribution in [0.4, 0.5) is 0 Å². The van der Waals surface area contributed by atoms with Crippen molar-refractivity contribution in [2.45, 2.75) is 25.3 Å². The minimum Gasteiger partial charge on any atom is -0.494 e. The normalized spacial score (nSPS) is 11.1. The topological polar surface area (TPSA) is 38.8 Å². The molecule has 0 spiro atoms. The summed E-state index contributed by atoms with van der Waals surface area (Å²) >= 11 is 2.38. The maximum absolute atomic E-state index is 11.6. The molecular weight excluding hydrogens is 585 g/mol. The van der Waals surface area contributed by atoms with Crippen molar-refractivity contribution in [2.75, 3.05) is 26.8 Å². The summed E-state index contributed by atoms with van der Waals surface area (Å²) in [4.78, 5) is 14.2. The number of nitrogens with zero attached hydrogens (tertiary/aromatic N) is 1. The molecule has 0 aliphatic rings. The molecule has 0 saturated carbocycles. The number of methoxy groups -OCH3 is 1. The molecule has 0 aliphatic carbocycles. The van der Waals surface area contributed by atoms with Crippen molar-refractivity contribution < 1.29 is 14.3 Å². The van der Waals surface area contributed by atoms with Crippen LogP contribution < -0.4 is 4.74 Å². The van der Waals surface area contributed by atoms with Crippen molar-refractivity contribution in [1.82, 2.24) is 4.90 Å². The fraction of sp³-hybridized carbons (Fsp3) is 0.242. The Bertz CT molecular complexity index is 1240. The van der Waals surface area contributed by atoms with Crippen LogP contribution >= 0.6 is 22.6 Å². The first-order chi connectivity index (χ1) is 18.6. The van der Waals surface area contributed by atoms with Crippen LogP contribution in [0.15, 0.2) is 109 Å². The molecule has 0 aromatic heterocycles. The molecule has 0 heterocycles. The van der Waals surface area contributed by atoms with Crippen molar-refractivity contribution in [1.29, 1.82) is 0 Å². The third kappa shape index (κ3) is 8.71. The quantitative estimate of drug-likeness (QED) is 0.0909. The summed E-state index contributed by atoms with van der Waals surface area (Å²) in [6.45, 7) is 3.30. The molecule has 0 N–H and O–H groups in total. The molecule has 5 heteroatoms. The van der Waals surface area contributed by atoms with Gasteiger partial charge in [0.25, 0.3) is 0 Å². The summed E-state index contributed by atoms with van der Waals surface area (Å²) in [5.41, 5.74) is 4.85. The number of carbonyl (C=O) groups is 1. The number of halogens is 1. The maximum atomic E-state index is 11.6. The van der Waals surface area contributed by atoms with Gasteiger partial charge in [-0.15, -0.1) is 0 Å². The number of benzene rings is 4. The first-order valence-electron chi connectivity index (χ1n) is 13.0. The van der Waals surface area contributed by atoms with E-state index in [0.29, 0.717) is 6.61 Å². The fourth-order valence-electron chi connectivity index (χ4n) is 4.62. The average Bonchev–Trinajstić information content (AvgIpc) is 2.95. The smallest absolute Gasteiger partial charge is 0.309 e. The number of carbonyl (C=O) groups excluding carboxylic acids is 1. The second-order valence-corrected chi connectivity index (χ2v) is 10.6. The van der Waals surface area contributed by atoms with Crippen LogP contribution in [-0.2, 0) is 22.5 Å². The monoisotopic (exact) mass is 619 g/mol. The highest BCUT2D eigenvalue weighted by Crippen LogP contribution is 2.27. The Labute approximate surface area is 239 Å². The standard InChI is InChI=1S/C33H34INO3/c1-37-33(36)23-26-11-9-18-31(22-26)38-20-10-19-35(24-27-12-8-17-30(34)21-27)25-32(28-13-4-2-5-14-28)29-15-6-3-7-16-29/h2-9,11-18,21-22,32H,10,19-20,23-25H2,1H3. The zero-order valence-electron chi connectivity index (χ0n) is 21.8. The molecule has 0 aliphatic heterocycles. The molecule has 0 radical (unpaired) electrons. The predicted octanol–water partition coefficient (Wildman–Crippen LogP) is 7.11. The number of rotatable bonds is 13. The summed E-state index contributed by atoms with van der Waals surface area (Å²) in [6.07, 6.45) is 1.14. The van der Waals surface area contributed by atoms with Gasteiger partial charge in [-0.05, 0) is 75.5 Å². The molecule has 0 bridgehead atoms. The van der Waals surface area contributed by atoms with Gasteiger partial charge >= 0.3 is 5.97 Å².